The van der Waals surface area contributed by atoms with Crippen molar-refractivity contribution in [2.24, 2.45) is 0 Å². The molecule has 2 fully saturated rings. The Morgan fingerprint density at radius 1 is 1.19 bits per heavy atom. The summed E-state index contributed by atoms with van der Waals surface area (Å²) in [5.41, 5.74) is -1.27. The van der Waals surface area contributed by atoms with Crippen molar-refractivity contribution in [1.29, 1.82) is 0 Å². The highest BCUT2D eigenvalue weighted by molar-refractivity contribution is 6.45. The van der Waals surface area contributed by atoms with E-state index >= 15 is 0 Å². The topological polar surface area (TPSA) is 67.8 Å². The van der Waals surface area contributed by atoms with Crippen LogP contribution in [0.4, 0.5) is 0 Å². The summed E-state index contributed by atoms with van der Waals surface area (Å²) in [6, 6.07) is 0. The highest BCUT2D eigenvalue weighted by Crippen LogP contribution is 2.38. The summed E-state index contributed by atoms with van der Waals surface area (Å²) < 4.78 is 11.9. The molecule has 120 valence electrons. The van der Waals surface area contributed by atoms with E-state index in [1.54, 1.807) is 0 Å². The lowest BCUT2D eigenvalue weighted by molar-refractivity contribution is -0.144. The number of carbonyl (C=O) groups is 1. The number of carboxylic acid groups (broad SMARTS) is 1. The quantitative estimate of drug-likeness (QED) is 0.582. The van der Waals surface area contributed by atoms with E-state index in [9.17, 15) is 9.90 Å². The fraction of sp³-hybridized carbons (Fsp3) is 0.933. The summed E-state index contributed by atoms with van der Waals surface area (Å²) in [6.07, 6.45) is 4.99. The average molecular weight is 297 g/mol. The molecule has 2 aliphatic heterocycles. The van der Waals surface area contributed by atoms with Gasteiger partial charge < -0.3 is 19.7 Å². The van der Waals surface area contributed by atoms with Crippen molar-refractivity contribution in [1.82, 2.24) is 5.32 Å². The Hall–Kier alpha value is -0.585. The molecule has 0 aliphatic carbocycles. The second-order valence-corrected chi connectivity index (χ2v) is 7.35. The van der Waals surface area contributed by atoms with E-state index in [0.717, 1.165) is 38.5 Å². The Kier molecular flexibility index (Phi) is 4.71. The van der Waals surface area contributed by atoms with Crippen LogP contribution in [0.25, 0.3) is 0 Å². The zero-order valence-corrected chi connectivity index (χ0v) is 13.7. The first kappa shape index (κ1) is 16.8. The number of aliphatic carboxylic acids is 1. The molecule has 2 rings (SSSR count). The summed E-state index contributed by atoms with van der Waals surface area (Å²) in [7, 11) is -0.174. The number of unbranched alkanes of at least 4 members (excludes halogenated alkanes) is 1. The molecule has 2 N–H and O–H groups in total. The first-order chi connectivity index (χ1) is 9.69. The van der Waals surface area contributed by atoms with Crippen LogP contribution in [0.1, 0.15) is 59.8 Å². The Morgan fingerprint density at radius 2 is 1.81 bits per heavy atom. The minimum absolute atomic E-state index is 0.174. The van der Waals surface area contributed by atoms with Crippen LogP contribution in [0.2, 0.25) is 6.32 Å². The third kappa shape index (κ3) is 3.43. The normalized spacial score (nSPS) is 30.8. The van der Waals surface area contributed by atoms with Gasteiger partial charge in [0.05, 0.1) is 11.2 Å². The Labute approximate surface area is 127 Å². The van der Waals surface area contributed by atoms with Crippen LogP contribution >= 0.6 is 0 Å². The van der Waals surface area contributed by atoms with Gasteiger partial charge in [0.15, 0.2) is 0 Å². The van der Waals surface area contributed by atoms with Crippen LogP contribution < -0.4 is 5.32 Å². The van der Waals surface area contributed by atoms with Crippen molar-refractivity contribution in [2.75, 3.05) is 6.54 Å². The first-order valence-corrected chi connectivity index (χ1v) is 8.03. The number of rotatable bonds is 6. The second kappa shape index (κ2) is 5.90. The first-order valence-electron chi connectivity index (χ1n) is 8.03. The van der Waals surface area contributed by atoms with Gasteiger partial charge in [-0.1, -0.05) is 12.8 Å². The van der Waals surface area contributed by atoms with E-state index in [4.69, 9.17) is 9.31 Å². The monoisotopic (exact) mass is 297 g/mol. The van der Waals surface area contributed by atoms with E-state index in [1.165, 1.54) is 0 Å². The van der Waals surface area contributed by atoms with Crippen molar-refractivity contribution in [3.63, 3.8) is 0 Å². The Bertz CT molecular complexity index is 375. The van der Waals surface area contributed by atoms with Crippen molar-refractivity contribution < 1.29 is 19.2 Å². The summed E-state index contributed by atoms with van der Waals surface area (Å²) in [5, 5.41) is 12.6. The molecule has 1 unspecified atom stereocenters. The highest BCUT2D eigenvalue weighted by Gasteiger charge is 2.50. The standard InChI is InChI=1S/C15H28BNO4/c1-13(2)14(3,4)21-16(20-13)10-6-5-8-15(12(18)19)9-7-11-17-15/h17H,5-11H2,1-4H3,(H,18,19). The molecule has 0 bridgehead atoms. The SMILES string of the molecule is CC1(C)OB(CCCCC2(C(=O)O)CCCN2)OC1(C)C. The van der Waals surface area contributed by atoms with Crippen LogP contribution in [-0.2, 0) is 14.1 Å². The molecule has 0 amide bonds. The van der Waals surface area contributed by atoms with Gasteiger partial charge in [-0.2, -0.15) is 0 Å². The van der Waals surface area contributed by atoms with E-state index in [-0.39, 0.29) is 18.3 Å². The fourth-order valence-corrected chi connectivity index (χ4v) is 3.13. The third-order valence-corrected chi connectivity index (χ3v) is 5.25. The summed E-state index contributed by atoms with van der Waals surface area (Å²) in [5.74, 6) is -0.712. The van der Waals surface area contributed by atoms with Crippen LogP contribution in [0, 0.1) is 0 Å². The van der Waals surface area contributed by atoms with Crippen molar-refractivity contribution in [3.05, 3.63) is 0 Å². The lowest BCUT2D eigenvalue weighted by Gasteiger charge is -2.32. The molecule has 0 aromatic heterocycles. The largest absolute Gasteiger partial charge is 0.480 e. The molecule has 5 nitrogen and oxygen atoms in total. The van der Waals surface area contributed by atoms with Crippen LogP contribution in [0.3, 0.4) is 0 Å². The van der Waals surface area contributed by atoms with Gasteiger partial charge in [0.1, 0.15) is 5.54 Å². The van der Waals surface area contributed by atoms with Gasteiger partial charge in [-0.05, 0) is 59.8 Å². The molecule has 0 aromatic carbocycles. The average Bonchev–Trinajstić information content (AvgIpc) is 2.90. The summed E-state index contributed by atoms with van der Waals surface area (Å²) in [6.45, 7) is 9.01. The molecule has 2 saturated heterocycles. The molecule has 0 spiro atoms. The number of nitrogens with one attached hydrogen (secondary N) is 1. The maximum absolute atomic E-state index is 11.4. The molecule has 6 heteroatoms. The van der Waals surface area contributed by atoms with E-state index in [1.807, 2.05) is 0 Å². The minimum Gasteiger partial charge on any atom is -0.480 e. The van der Waals surface area contributed by atoms with E-state index in [2.05, 4.69) is 33.0 Å². The van der Waals surface area contributed by atoms with Gasteiger partial charge in [-0.25, -0.2) is 0 Å². The lowest BCUT2D eigenvalue weighted by Crippen LogP contribution is -2.47. The summed E-state index contributed by atoms with van der Waals surface area (Å²) >= 11 is 0. The van der Waals surface area contributed by atoms with Crippen LogP contribution in [0.15, 0.2) is 0 Å². The Balaban J connectivity index is 1.75. The third-order valence-electron chi connectivity index (χ3n) is 5.25. The number of hydrogen-bond acceptors (Lipinski definition) is 4. The lowest BCUT2D eigenvalue weighted by atomic mass is 9.80. The fourth-order valence-electron chi connectivity index (χ4n) is 3.13. The van der Waals surface area contributed by atoms with Gasteiger partial charge in [0.25, 0.3) is 0 Å². The van der Waals surface area contributed by atoms with Gasteiger partial charge in [0.2, 0.25) is 0 Å². The van der Waals surface area contributed by atoms with Crippen molar-refractivity contribution in [2.45, 2.75) is 82.9 Å². The van der Waals surface area contributed by atoms with Gasteiger partial charge in [-0.15, -0.1) is 0 Å². The molecule has 0 aromatic rings. The zero-order valence-electron chi connectivity index (χ0n) is 13.7. The van der Waals surface area contributed by atoms with Crippen molar-refractivity contribution >= 4 is 13.1 Å². The number of hydrogen-bond donors (Lipinski definition) is 2. The number of carboxylic acids is 1. The maximum atomic E-state index is 11.4. The van der Waals surface area contributed by atoms with Crippen molar-refractivity contribution in [3.8, 4) is 0 Å². The molecule has 0 radical (unpaired) electrons. The molecule has 2 heterocycles. The predicted octanol–water partition coefficient (Wildman–Crippen LogP) is 2.46. The molecular weight excluding hydrogens is 269 g/mol. The van der Waals surface area contributed by atoms with Crippen LogP contribution in [-0.4, -0.2) is 41.5 Å². The smallest absolute Gasteiger partial charge is 0.457 e. The second-order valence-electron chi connectivity index (χ2n) is 7.35. The van der Waals surface area contributed by atoms with Gasteiger partial charge in [0, 0.05) is 0 Å². The zero-order chi connectivity index (χ0) is 15.7. The molecule has 21 heavy (non-hydrogen) atoms. The summed E-state index contributed by atoms with van der Waals surface area (Å²) in [4.78, 5) is 11.4. The van der Waals surface area contributed by atoms with Crippen LogP contribution in [0.5, 0.6) is 0 Å². The predicted molar refractivity (Wildman–Crippen MR) is 82.3 cm³/mol. The molecular formula is C15H28BNO4. The highest BCUT2D eigenvalue weighted by atomic mass is 16.7. The molecule has 2 aliphatic rings. The minimum atomic E-state index is -0.712. The Morgan fingerprint density at radius 3 is 2.29 bits per heavy atom. The van der Waals surface area contributed by atoms with Gasteiger partial charge in [-0.3, -0.25) is 4.79 Å². The maximum Gasteiger partial charge on any atom is 0.457 e. The van der Waals surface area contributed by atoms with E-state index in [0.29, 0.717) is 6.42 Å². The van der Waals surface area contributed by atoms with Gasteiger partial charge >= 0.3 is 13.1 Å². The van der Waals surface area contributed by atoms with E-state index < -0.39 is 11.5 Å². The molecule has 1 atom stereocenters. The molecule has 0 saturated carbocycles.